The summed E-state index contributed by atoms with van der Waals surface area (Å²) in [6.07, 6.45) is 12.5. The molecule has 2 fully saturated rings. The summed E-state index contributed by atoms with van der Waals surface area (Å²) in [7, 11) is 0. The minimum absolute atomic E-state index is 0.220. The van der Waals surface area contributed by atoms with Crippen LogP contribution in [-0.2, 0) is 31.8 Å². The molecule has 0 unspecified atom stereocenters. The molecule has 2 aromatic rings. The van der Waals surface area contributed by atoms with Crippen molar-refractivity contribution in [3.8, 4) is 0 Å². The molecule has 2 saturated heterocycles. The maximum Gasteiger partial charge on any atom is 0.338 e. The number of carbonyl (C=O) groups is 2. The van der Waals surface area contributed by atoms with E-state index < -0.39 is 36.4 Å². The lowest BCUT2D eigenvalue weighted by Crippen LogP contribution is -2.36. The Balaban J connectivity index is 1.20. The molecule has 4 rings (SSSR count). The summed E-state index contributed by atoms with van der Waals surface area (Å²) < 4.78 is 23.3. The molecular formula is C34H46O6. The predicted octanol–water partition coefficient (Wildman–Crippen LogP) is 7.26. The molecule has 0 bridgehead atoms. The third kappa shape index (κ3) is 8.65. The first-order valence-corrected chi connectivity index (χ1v) is 15.4. The van der Waals surface area contributed by atoms with E-state index in [0.717, 1.165) is 12.8 Å². The number of hydrogen-bond acceptors (Lipinski definition) is 6. The zero-order valence-electron chi connectivity index (χ0n) is 24.3. The van der Waals surface area contributed by atoms with Gasteiger partial charge in [-0.2, -0.15) is 0 Å². The predicted molar refractivity (Wildman–Crippen MR) is 156 cm³/mol. The number of ether oxygens (including phenoxy) is 4. The lowest BCUT2D eigenvalue weighted by molar-refractivity contribution is -0.0287. The van der Waals surface area contributed by atoms with E-state index in [1.165, 1.54) is 75.3 Å². The fourth-order valence-corrected chi connectivity index (χ4v) is 5.52. The second kappa shape index (κ2) is 15.9. The second-order valence-corrected chi connectivity index (χ2v) is 11.2. The number of esters is 2. The lowest BCUT2D eigenvalue weighted by Gasteiger charge is -2.17. The van der Waals surface area contributed by atoms with E-state index in [-0.39, 0.29) is 13.2 Å². The van der Waals surface area contributed by atoms with Crippen molar-refractivity contribution >= 4 is 11.9 Å². The van der Waals surface area contributed by atoms with Gasteiger partial charge in [0.25, 0.3) is 0 Å². The highest BCUT2D eigenvalue weighted by Gasteiger charge is 2.51. The Bertz CT molecular complexity index is 962. The first-order valence-electron chi connectivity index (χ1n) is 15.4. The number of carbonyl (C=O) groups excluding carboxylic acids is 2. The SMILES string of the molecule is CCCCCCCc1ccc(C(=O)O[C@H]2CO[C@H]3[C@@H]2OC[C@H]3OC(=O)c2ccc(CCCCCCC)cc2)cc1. The smallest absolute Gasteiger partial charge is 0.338 e. The Morgan fingerprint density at radius 2 is 0.975 bits per heavy atom. The van der Waals surface area contributed by atoms with Gasteiger partial charge in [-0.25, -0.2) is 9.59 Å². The number of fused-ring (bicyclic) bond motifs is 1. The van der Waals surface area contributed by atoms with Crippen molar-refractivity contribution in [1.82, 2.24) is 0 Å². The van der Waals surface area contributed by atoms with Crippen molar-refractivity contribution in [3.05, 3.63) is 70.8 Å². The van der Waals surface area contributed by atoms with Crippen LogP contribution in [0.3, 0.4) is 0 Å². The molecule has 0 radical (unpaired) electrons. The standard InChI is InChI=1S/C34H46O6/c1-3-5-7-9-11-13-25-15-19-27(20-16-25)33(35)39-29-23-37-32-30(24-38-31(29)32)40-34(36)28-21-17-26(18-22-28)14-12-10-8-6-4-2/h15-22,29-32H,3-14,23-24H2,1-2H3/t29-,30+,31-,32-/m1/s1. The quantitative estimate of drug-likeness (QED) is 0.162. The van der Waals surface area contributed by atoms with Gasteiger partial charge < -0.3 is 18.9 Å². The molecule has 6 nitrogen and oxygen atoms in total. The van der Waals surface area contributed by atoms with Crippen LogP contribution >= 0.6 is 0 Å². The monoisotopic (exact) mass is 550 g/mol. The average molecular weight is 551 g/mol. The fourth-order valence-electron chi connectivity index (χ4n) is 5.52. The fraction of sp³-hybridized carbons (Fsp3) is 0.588. The van der Waals surface area contributed by atoms with Crippen molar-refractivity contribution in [3.63, 3.8) is 0 Å². The van der Waals surface area contributed by atoms with Crippen LogP contribution in [0, 0.1) is 0 Å². The zero-order chi connectivity index (χ0) is 28.2. The van der Waals surface area contributed by atoms with E-state index in [0.29, 0.717) is 11.1 Å². The molecule has 2 aliphatic rings. The summed E-state index contributed by atoms with van der Waals surface area (Å²) in [5.74, 6) is -0.781. The summed E-state index contributed by atoms with van der Waals surface area (Å²) in [5.41, 5.74) is 3.50. The molecule has 0 N–H and O–H groups in total. The maximum absolute atomic E-state index is 12.8. The highest BCUT2D eigenvalue weighted by Crippen LogP contribution is 2.31. The zero-order valence-corrected chi connectivity index (χ0v) is 24.3. The maximum atomic E-state index is 12.8. The van der Waals surface area contributed by atoms with Gasteiger partial charge in [-0.1, -0.05) is 89.5 Å². The third-order valence-corrected chi connectivity index (χ3v) is 8.00. The van der Waals surface area contributed by atoms with Crippen LogP contribution < -0.4 is 0 Å². The third-order valence-electron chi connectivity index (χ3n) is 8.00. The van der Waals surface area contributed by atoms with Gasteiger partial charge in [0, 0.05) is 0 Å². The molecule has 0 aromatic heterocycles. The van der Waals surface area contributed by atoms with E-state index >= 15 is 0 Å². The van der Waals surface area contributed by atoms with E-state index in [1.54, 1.807) is 0 Å². The number of benzene rings is 2. The summed E-state index contributed by atoms with van der Waals surface area (Å²) in [5, 5.41) is 0. The van der Waals surface area contributed by atoms with E-state index in [4.69, 9.17) is 18.9 Å². The van der Waals surface area contributed by atoms with Gasteiger partial charge in [0.1, 0.15) is 12.2 Å². The highest BCUT2D eigenvalue weighted by atomic mass is 16.7. The Hall–Kier alpha value is -2.70. The van der Waals surface area contributed by atoms with Gasteiger partial charge >= 0.3 is 11.9 Å². The van der Waals surface area contributed by atoms with Gasteiger partial charge in [0.2, 0.25) is 0 Å². The largest absolute Gasteiger partial charge is 0.453 e. The van der Waals surface area contributed by atoms with Gasteiger partial charge in [-0.15, -0.1) is 0 Å². The molecule has 6 heteroatoms. The Morgan fingerprint density at radius 3 is 1.35 bits per heavy atom. The molecule has 2 aliphatic heterocycles. The van der Waals surface area contributed by atoms with Crippen LogP contribution in [0.4, 0.5) is 0 Å². The molecule has 0 aliphatic carbocycles. The van der Waals surface area contributed by atoms with E-state index in [1.807, 2.05) is 48.5 Å². The summed E-state index contributed by atoms with van der Waals surface area (Å²) >= 11 is 0. The topological polar surface area (TPSA) is 71.1 Å². The second-order valence-electron chi connectivity index (χ2n) is 11.2. The Kier molecular flexibility index (Phi) is 12.0. The van der Waals surface area contributed by atoms with Crippen LogP contribution in [0.5, 0.6) is 0 Å². The molecule has 40 heavy (non-hydrogen) atoms. The molecule has 2 heterocycles. The summed E-state index contributed by atoms with van der Waals surface area (Å²) in [4.78, 5) is 25.6. The molecule has 2 aromatic carbocycles. The molecule has 0 saturated carbocycles. The number of rotatable bonds is 16. The minimum Gasteiger partial charge on any atom is -0.453 e. The van der Waals surface area contributed by atoms with Crippen molar-refractivity contribution in [2.45, 2.75) is 115 Å². The van der Waals surface area contributed by atoms with Crippen molar-refractivity contribution < 1.29 is 28.5 Å². The van der Waals surface area contributed by atoms with E-state index in [2.05, 4.69) is 13.8 Å². The van der Waals surface area contributed by atoms with Gasteiger partial charge in [0.15, 0.2) is 12.2 Å². The number of unbranched alkanes of at least 4 members (excludes halogenated alkanes) is 8. The average Bonchev–Trinajstić information content (AvgIpc) is 3.56. The molecule has 4 atom stereocenters. The normalized spacial score (nSPS) is 21.8. The minimum atomic E-state index is -0.531. The van der Waals surface area contributed by atoms with Crippen LogP contribution in [0.25, 0.3) is 0 Å². The first-order chi connectivity index (χ1) is 19.6. The molecule has 0 amide bonds. The number of aryl methyl sites for hydroxylation is 2. The van der Waals surface area contributed by atoms with Crippen molar-refractivity contribution in [1.29, 1.82) is 0 Å². The molecule has 0 spiro atoms. The van der Waals surface area contributed by atoms with Gasteiger partial charge in [-0.3, -0.25) is 0 Å². The first kappa shape index (κ1) is 30.3. The Morgan fingerprint density at radius 1 is 0.600 bits per heavy atom. The van der Waals surface area contributed by atoms with Crippen LogP contribution in [-0.4, -0.2) is 49.6 Å². The van der Waals surface area contributed by atoms with E-state index in [9.17, 15) is 9.59 Å². The Labute approximate surface area is 239 Å². The molecular weight excluding hydrogens is 504 g/mol. The van der Waals surface area contributed by atoms with Gasteiger partial charge in [0.05, 0.1) is 24.3 Å². The van der Waals surface area contributed by atoms with Crippen LogP contribution in [0.2, 0.25) is 0 Å². The number of hydrogen-bond donors (Lipinski definition) is 0. The van der Waals surface area contributed by atoms with Crippen molar-refractivity contribution in [2.24, 2.45) is 0 Å². The summed E-state index contributed by atoms with van der Waals surface area (Å²) in [6, 6.07) is 15.3. The highest BCUT2D eigenvalue weighted by molar-refractivity contribution is 5.90. The van der Waals surface area contributed by atoms with Crippen molar-refractivity contribution in [2.75, 3.05) is 13.2 Å². The van der Waals surface area contributed by atoms with Crippen LogP contribution in [0.15, 0.2) is 48.5 Å². The van der Waals surface area contributed by atoms with Gasteiger partial charge in [-0.05, 0) is 61.1 Å². The lowest BCUT2D eigenvalue weighted by atomic mass is 10.0. The van der Waals surface area contributed by atoms with Crippen LogP contribution in [0.1, 0.15) is 110 Å². The molecule has 218 valence electrons. The summed E-state index contributed by atoms with van der Waals surface area (Å²) in [6.45, 7) is 4.88.